The first kappa shape index (κ1) is 21.3. The van der Waals surface area contributed by atoms with Gasteiger partial charge in [0.2, 0.25) is 11.8 Å². The zero-order valence-corrected chi connectivity index (χ0v) is 17.1. The van der Waals surface area contributed by atoms with Crippen LogP contribution in [0.5, 0.6) is 0 Å². The molecule has 0 radical (unpaired) electrons. The van der Waals surface area contributed by atoms with Gasteiger partial charge in [0.25, 0.3) is 0 Å². The highest BCUT2D eigenvalue weighted by atomic mass is 35.5. The summed E-state index contributed by atoms with van der Waals surface area (Å²) in [6, 6.07) is 14.3. The van der Waals surface area contributed by atoms with E-state index in [9.17, 15) is 9.59 Å². The lowest BCUT2D eigenvalue weighted by Gasteiger charge is -2.30. The Morgan fingerprint density at radius 1 is 1.00 bits per heavy atom. The third-order valence-electron chi connectivity index (χ3n) is 4.50. The predicted octanol–water partition coefficient (Wildman–Crippen LogP) is 4.48. The number of hydrogen-bond donors (Lipinski definition) is 1. The summed E-state index contributed by atoms with van der Waals surface area (Å²) in [7, 11) is 1.58. The fraction of sp³-hybridized carbons (Fsp3) is 0.333. The van der Waals surface area contributed by atoms with E-state index in [4.69, 9.17) is 23.2 Å². The molecule has 0 bridgehead atoms. The molecule has 0 saturated heterocycles. The number of carbonyl (C=O) groups excluding carboxylic acids is 2. The largest absolute Gasteiger partial charge is 0.357 e. The minimum Gasteiger partial charge on any atom is -0.357 e. The number of aryl methyl sites for hydroxylation is 1. The Morgan fingerprint density at radius 2 is 1.56 bits per heavy atom. The van der Waals surface area contributed by atoms with Gasteiger partial charge in [0.1, 0.15) is 6.04 Å². The molecule has 2 amide bonds. The van der Waals surface area contributed by atoms with Crippen LogP contribution in [0.2, 0.25) is 10.0 Å². The molecule has 0 aliphatic heterocycles. The Labute approximate surface area is 170 Å². The van der Waals surface area contributed by atoms with Crippen LogP contribution in [0, 0.1) is 0 Å². The molecule has 1 atom stereocenters. The van der Waals surface area contributed by atoms with Crippen molar-refractivity contribution in [3.63, 3.8) is 0 Å². The molecule has 0 aromatic heterocycles. The molecule has 0 spiro atoms. The molecule has 0 aliphatic rings. The Balaban J connectivity index is 2.22. The summed E-state index contributed by atoms with van der Waals surface area (Å²) in [4.78, 5) is 27.0. The zero-order valence-electron chi connectivity index (χ0n) is 15.5. The van der Waals surface area contributed by atoms with Crippen molar-refractivity contribution < 1.29 is 9.59 Å². The number of nitrogens with one attached hydrogen (secondary N) is 1. The highest BCUT2D eigenvalue weighted by Crippen LogP contribution is 2.22. The SMILES string of the molecule is CC[C@H](C(=O)NC)N(Cc1ccccc1Cl)C(=O)CCc1ccccc1Cl. The average Bonchev–Trinajstić information content (AvgIpc) is 2.68. The molecule has 0 unspecified atom stereocenters. The monoisotopic (exact) mass is 406 g/mol. The molecule has 4 nitrogen and oxygen atoms in total. The first-order valence-electron chi connectivity index (χ1n) is 8.95. The van der Waals surface area contributed by atoms with Gasteiger partial charge in [-0.25, -0.2) is 0 Å². The fourth-order valence-electron chi connectivity index (χ4n) is 2.98. The van der Waals surface area contributed by atoms with Crippen molar-refractivity contribution in [3.05, 3.63) is 69.7 Å². The van der Waals surface area contributed by atoms with Crippen LogP contribution < -0.4 is 5.32 Å². The Morgan fingerprint density at radius 3 is 2.07 bits per heavy atom. The first-order chi connectivity index (χ1) is 13.0. The van der Waals surface area contributed by atoms with Crippen molar-refractivity contribution in [3.8, 4) is 0 Å². The van der Waals surface area contributed by atoms with E-state index in [1.54, 1.807) is 18.0 Å². The van der Waals surface area contributed by atoms with Gasteiger partial charge in [0, 0.05) is 30.1 Å². The molecular formula is C21H24Cl2N2O2. The van der Waals surface area contributed by atoms with Gasteiger partial charge < -0.3 is 10.2 Å². The van der Waals surface area contributed by atoms with E-state index in [0.717, 1.165) is 11.1 Å². The molecule has 0 saturated carbocycles. The Bertz CT molecular complexity index is 795. The summed E-state index contributed by atoms with van der Waals surface area (Å²) in [5, 5.41) is 3.86. The molecule has 2 aromatic carbocycles. The highest BCUT2D eigenvalue weighted by Gasteiger charge is 2.28. The van der Waals surface area contributed by atoms with E-state index in [2.05, 4.69) is 5.32 Å². The zero-order chi connectivity index (χ0) is 19.8. The second kappa shape index (κ2) is 10.3. The second-order valence-electron chi connectivity index (χ2n) is 6.24. The minimum atomic E-state index is -0.551. The van der Waals surface area contributed by atoms with E-state index in [0.29, 0.717) is 22.9 Å². The molecule has 27 heavy (non-hydrogen) atoms. The summed E-state index contributed by atoms with van der Waals surface area (Å²) in [6.07, 6.45) is 1.30. The Kier molecular flexibility index (Phi) is 8.14. The van der Waals surface area contributed by atoms with E-state index in [1.165, 1.54) is 0 Å². The van der Waals surface area contributed by atoms with E-state index in [-0.39, 0.29) is 24.8 Å². The first-order valence-corrected chi connectivity index (χ1v) is 9.71. The van der Waals surface area contributed by atoms with Crippen LogP contribution in [-0.4, -0.2) is 29.8 Å². The molecule has 0 fully saturated rings. The van der Waals surface area contributed by atoms with Crippen molar-refractivity contribution >= 4 is 35.0 Å². The maximum absolute atomic E-state index is 13.0. The molecule has 2 rings (SSSR count). The van der Waals surface area contributed by atoms with Crippen molar-refractivity contribution in [1.82, 2.24) is 10.2 Å². The van der Waals surface area contributed by atoms with Crippen molar-refractivity contribution in [2.24, 2.45) is 0 Å². The molecule has 2 aromatic rings. The summed E-state index contributed by atoms with van der Waals surface area (Å²) in [5.74, 6) is -0.291. The summed E-state index contributed by atoms with van der Waals surface area (Å²) in [5.41, 5.74) is 1.73. The number of likely N-dealkylation sites (N-methyl/N-ethyl adjacent to an activating group) is 1. The van der Waals surface area contributed by atoms with E-state index in [1.807, 2.05) is 49.4 Å². The number of halogens is 2. The molecule has 6 heteroatoms. The quantitative estimate of drug-likeness (QED) is 0.702. The topological polar surface area (TPSA) is 49.4 Å². The lowest BCUT2D eigenvalue weighted by atomic mass is 10.1. The predicted molar refractivity (Wildman–Crippen MR) is 110 cm³/mol. The standard InChI is InChI=1S/C21H24Cl2N2O2/c1-3-19(21(27)24-2)25(14-16-9-5-7-11-18(16)23)20(26)13-12-15-8-4-6-10-17(15)22/h4-11,19H,3,12-14H2,1-2H3,(H,24,27)/t19-/m1/s1. The minimum absolute atomic E-state index is 0.106. The number of hydrogen-bond acceptors (Lipinski definition) is 2. The molecular weight excluding hydrogens is 383 g/mol. The van der Waals surface area contributed by atoms with Gasteiger partial charge in [-0.2, -0.15) is 0 Å². The summed E-state index contributed by atoms with van der Waals surface area (Å²) < 4.78 is 0. The van der Waals surface area contributed by atoms with Gasteiger partial charge >= 0.3 is 0 Å². The number of rotatable bonds is 8. The van der Waals surface area contributed by atoms with Crippen LogP contribution in [-0.2, 0) is 22.6 Å². The van der Waals surface area contributed by atoms with Crippen molar-refractivity contribution in [2.75, 3.05) is 7.05 Å². The number of nitrogens with zero attached hydrogens (tertiary/aromatic N) is 1. The number of amides is 2. The number of benzene rings is 2. The van der Waals surface area contributed by atoms with Crippen LogP contribution in [0.1, 0.15) is 30.9 Å². The van der Waals surface area contributed by atoms with Crippen LogP contribution in [0.4, 0.5) is 0 Å². The molecule has 0 heterocycles. The van der Waals surface area contributed by atoms with Crippen LogP contribution in [0.3, 0.4) is 0 Å². The molecule has 144 valence electrons. The van der Waals surface area contributed by atoms with Gasteiger partial charge in [-0.3, -0.25) is 9.59 Å². The van der Waals surface area contributed by atoms with E-state index < -0.39 is 6.04 Å². The lowest BCUT2D eigenvalue weighted by molar-refractivity contribution is -0.141. The van der Waals surface area contributed by atoms with Crippen molar-refractivity contribution in [2.45, 2.75) is 38.8 Å². The maximum Gasteiger partial charge on any atom is 0.242 e. The van der Waals surface area contributed by atoms with Gasteiger partial charge in [0.05, 0.1) is 0 Å². The second-order valence-corrected chi connectivity index (χ2v) is 7.06. The summed E-state index contributed by atoms with van der Waals surface area (Å²) >= 11 is 12.5. The third-order valence-corrected chi connectivity index (χ3v) is 5.23. The maximum atomic E-state index is 13.0. The molecule has 1 N–H and O–H groups in total. The Hall–Kier alpha value is -2.04. The van der Waals surface area contributed by atoms with Gasteiger partial charge in [-0.1, -0.05) is 66.5 Å². The number of carbonyl (C=O) groups is 2. The normalized spacial score (nSPS) is 11.7. The van der Waals surface area contributed by atoms with E-state index >= 15 is 0 Å². The fourth-order valence-corrected chi connectivity index (χ4v) is 3.41. The average molecular weight is 407 g/mol. The summed E-state index contributed by atoms with van der Waals surface area (Å²) in [6.45, 7) is 2.17. The molecule has 0 aliphatic carbocycles. The van der Waals surface area contributed by atoms with Crippen LogP contribution in [0.15, 0.2) is 48.5 Å². The lowest BCUT2D eigenvalue weighted by Crippen LogP contribution is -2.48. The van der Waals surface area contributed by atoms with Crippen LogP contribution >= 0.6 is 23.2 Å². The van der Waals surface area contributed by atoms with Gasteiger partial charge in [0.15, 0.2) is 0 Å². The van der Waals surface area contributed by atoms with Gasteiger partial charge in [-0.15, -0.1) is 0 Å². The third kappa shape index (κ3) is 5.72. The van der Waals surface area contributed by atoms with Gasteiger partial charge in [-0.05, 0) is 36.1 Å². The smallest absolute Gasteiger partial charge is 0.242 e. The van der Waals surface area contributed by atoms with Crippen molar-refractivity contribution in [1.29, 1.82) is 0 Å². The highest BCUT2D eigenvalue weighted by molar-refractivity contribution is 6.31. The van der Waals surface area contributed by atoms with Crippen LogP contribution in [0.25, 0.3) is 0 Å².